The molecule has 28 heavy (non-hydrogen) atoms. The van der Waals surface area contributed by atoms with Gasteiger partial charge in [-0.1, -0.05) is 0 Å². The fraction of sp³-hybridized carbons (Fsp3) is 0.222. The molecule has 1 N–H and O–H groups in total. The maximum absolute atomic E-state index is 12.5. The summed E-state index contributed by atoms with van der Waals surface area (Å²) in [6, 6.07) is 7.77. The Morgan fingerprint density at radius 3 is 2.43 bits per heavy atom. The smallest absolute Gasteiger partial charge is 0.288 e. The van der Waals surface area contributed by atoms with Gasteiger partial charge in [0, 0.05) is 18.7 Å². The van der Waals surface area contributed by atoms with Gasteiger partial charge in [0.1, 0.15) is 16.4 Å². The zero-order valence-corrected chi connectivity index (χ0v) is 16.5. The summed E-state index contributed by atoms with van der Waals surface area (Å²) in [6.45, 7) is 0. The molecular weight excluding hydrogens is 386 g/mol. The van der Waals surface area contributed by atoms with Gasteiger partial charge in [-0.2, -0.15) is 13.5 Å². The average molecular weight is 405 g/mol. The molecule has 0 bridgehead atoms. The van der Waals surface area contributed by atoms with Gasteiger partial charge in [0.05, 0.1) is 27.5 Å². The number of hydrogen-bond acceptors (Lipinski definition) is 8. The molecule has 0 radical (unpaired) electrons. The number of benzene rings is 2. The molecule has 0 aromatic heterocycles. The SMILES string of the molecule is COc1cc(OC)c2c(c1)C(N(C)N=Cc1ccc(O)c(OC)c1)=NS2(=O)=O. The maximum atomic E-state index is 12.5. The molecule has 9 nitrogen and oxygen atoms in total. The van der Waals surface area contributed by atoms with Crippen LogP contribution < -0.4 is 14.2 Å². The van der Waals surface area contributed by atoms with Crippen LogP contribution in [0.5, 0.6) is 23.0 Å². The molecule has 10 heteroatoms. The van der Waals surface area contributed by atoms with Crippen LogP contribution in [0.1, 0.15) is 11.1 Å². The summed E-state index contributed by atoms with van der Waals surface area (Å²) in [5.41, 5.74) is 0.977. The summed E-state index contributed by atoms with van der Waals surface area (Å²) >= 11 is 0. The number of amidine groups is 1. The Kier molecular flexibility index (Phi) is 5.14. The predicted octanol–water partition coefficient (Wildman–Crippen LogP) is 1.83. The van der Waals surface area contributed by atoms with Crippen molar-refractivity contribution in [1.82, 2.24) is 5.01 Å². The Balaban J connectivity index is 1.99. The van der Waals surface area contributed by atoms with Crippen molar-refractivity contribution in [3.8, 4) is 23.0 Å². The molecule has 0 atom stereocenters. The number of hydrogen-bond donors (Lipinski definition) is 1. The van der Waals surface area contributed by atoms with Crippen LogP contribution in [0, 0.1) is 0 Å². The van der Waals surface area contributed by atoms with Gasteiger partial charge in [-0.05, 0) is 29.8 Å². The van der Waals surface area contributed by atoms with Crippen LogP contribution in [0.25, 0.3) is 0 Å². The van der Waals surface area contributed by atoms with Crippen LogP contribution in [-0.2, 0) is 10.0 Å². The standard InChI is InChI=1S/C18H19N3O6S/c1-21(19-10-11-5-6-14(22)15(7-11)26-3)18-13-8-12(25-2)9-16(27-4)17(13)28(23,24)20-18/h5-10,22H,1-4H3. The molecule has 0 spiro atoms. The zero-order chi connectivity index (χ0) is 20.5. The lowest BCUT2D eigenvalue weighted by Crippen LogP contribution is -2.21. The fourth-order valence-electron chi connectivity index (χ4n) is 2.70. The van der Waals surface area contributed by atoms with E-state index in [0.717, 1.165) is 0 Å². The number of methoxy groups -OCH3 is 3. The first-order valence-electron chi connectivity index (χ1n) is 8.06. The van der Waals surface area contributed by atoms with E-state index in [2.05, 4.69) is 9.50 Å². The molecule has 0 aliphatic carbocycles. The second kappa shape index (κ2) is 7.39. The first-order valence-corrected chi connectivity index (χ1v) is 9.50. The third-order valence-corrected chi connectivity index (χ3v) is 5.43. The van der Waals surface area contributed by atoms with Crippen molar-refractivity contribution in [2.24, 2.45) is 9.50 Å². The Morgan fingerprint density at radius 1 is 1.07 bits per heavy atom. The summed E-state index contributed by atoms with van der Waals surface area (Å²) in [5.74, 6) is 1.02. The molecule has 1 aliphatic rings. The highest BCUT2D eigenvalue weighted by Crippen LogP contribution is 2.38. The molecule has 3 rings (SSSR count). The largest absolute Gasteiger partial charge is 0.504 e. The number of fused-ring (bicyclic) bond motifs is 1. The Labute approximate surface area is 162 Å². The van der Waals surface area contributed by atoms with Gasteiger partial charge >= 0.3 is 0 Å². The molecule has 1 heterocycles. The van der Waals surface area contributed by atoms with E-state index in [9.17, 15) is 13.5 Å². The lowest BCUT2D eigenvalue weighted by molar-refractivity contribution is 0.373. The second-order valence-corrected chi connectivity index (χ2v) is 7.34. The van der Waals surface area contributed by atoms with Crippen LogP contribution in [-0.4, -0.2) is 59.0 Å². The topological polar surface area (TPSA) is 110 Å². The van der Waals surface area contributed by atoms with Crippen molar-refractivity contribution < 1.29 is 27.7 Å². The summed E-state index contributed by atoms with van der Waals surface area (Å²) < 4.78 is 44.3. The summed E-state index contributed by atoms with van der Waals surface area (Å²) in [4.78, 5) is -0.0286. The van der Waals surface area contributed by atoms with Crippen LogP contribution in [0.3, 0.4) is 0 Å². The molecule has 148 valence electrons. The summed E-state index contributed by atoms with van der Waals surface area (Å²) in [7, 11) is 1.94. The number of hydrazone groups is 1. The summed E-state index contributed by atoms with van der Waals surface area (Å²) in [5, 5.41) is 15.2. The van der Waals surface area contributed by atoms with Crippen molar-refractivity contribution in [3.63, 3.8) is 0 Å². The second-order valence-electron chi connectivity index (χ2n) is 5.80. The monoisotopic (exact) mass is 405 g/mol. The van der Waals surface area contributed by atoms with Gasteiger partial charge in [-0.25, -0.2) is 5.01 Å². The van der Waals surface area contributed by atoms with E-state index in [1.54, 1.807) is 25.2 Å². The minimum absolute atomic E-state index is 0.00684. The third kappa shape index (κ3) is 3.46. The van der Waals surface area contributed by atoms with E-state index in [1.165, 1.54) is 44.7 Å². The lowest BCUT2D eigenvalue weighted by Gasteiger charge is -2.14. The number of aromatic hydroxyl groups is 1. The van der Waals surface area contributed by atoms with Crippen molar-refractivity contribution in [1.29, 1.82) is 0 Å². The van der Waals surface area contributed by atoms with E-state index in [4.69, 9.17) is 14.2 Å². The molecular formula is C18H19N3O6S. The highest BCUT2D eigenvalue weighted by molar-refractivity contribution is 7.90. The normalized spacial score (nSPS) is 14.5. The Bertz CT molecular complexity index is 1080. The lowest BCUT2D eigenvalue weighted by atomic mass is 10.1. The van der Waals surface area contributed by atoms with Crippen molar-refractivity contribution in [2.45, 2.75) is 4.90 Å². The molecule has 0 amide bonds. The number of phenolic OH excluding ortho intramolecular Hbond substituents is 1. The highest BCUT2D eigenvalue weighted by Gasteiger charge is 2.35. The number of sulfonamides is 1. The number of nitrogens with zero attached hydrogens (tertiary/aromatic N) is 3. The van der Waals surface area contributed by atoms with Crippen molar-refractivity contribution in [2.75, 3.05) is 28.4 Å². The van der Waals surface area contributed by atoms with E-state index in [1.807, 2.05) is 0 Å². The molecule has 2 aromatic carbocycles. The number of ether oxygens (including phenoxy) is 3. The van der Waals surface area contributed by atoms with Gasteiger partial charge in [-0.15, -0.1) is 4.40 Å². The predicted molar refractivity (Wildman–Crippen MR) is 103 cm³/mol. The highest BCUT2D eigenvalue weighted by atomic mass is 32.2. The van der Waals surface area contributed by atoms with Gasteiger partial charge in [0.25, 0.3) is 10.0 Å². The first kappa shape index (κ1) is 19.5. The van der Waals surface area contributed by atoms with Crippen LogP contribution in [0.15, 0.2) is 44.7 Å². The van der Waals surface area contributed by atoms with E-state index in [-0.39, 0.29) is 22.2 Å². The van der Waals surface area contributed by atoms with Crippen molar-refractivity contribution in [3.05, 3.63) is 41.5 Å². The van der Waals surface area contributed by atoms with E-state index < -0.39 is 10.0 Å². The zero-order valence-electron chi connectivity index (χ0n) is 15.7. The van der Waals surface area contributed by atoms with Crippen LogP contribution >= 0.6 is 0 Å². The molecule has 0 saturated carbocycles. The van der Waals surface area contributed by atoms with E-state index in [0.29, 0.717) is 22.6 Å². The minimum atomic E-state index is -3.93. The molecule has 0 saturated heterocycles. The number of rotatable bonds is 5. The molecule has 0 fully saturated rings. The average Bonchev–Trinajstić information content (AvgIpc) is 2.97. The van der Waals surface area contributed by atoms with Gasteiger partial charge in [-0.3, -0.25) is 0 Å². The van der Waals surface area contributed by atoms with Gasteiger partial charge < -0.3 is 19.3 Å². The quantitative estimate of drug-likeness (QED) is 0.597. The third-order valence-electron chi connectivity index (χ3n) is 4.08. The number of phenols is 1. The fourth-order valence-corrected chi connectivity index (χ4v) is 4.06. The Morgan fingerprint density at radius 2 is 1.79 bits per heavy atom. The summed E-state index contributed by atoms with van der Waals surface area (Å²) in [6.07, 6.45) is 1.49. The molecule has 2 aromatic rings. The van der Waals surface area contributed by atoms with Gasteiger partial charge in [0.2, 0.25) is 0 Å². The van der Waals surface area contributed by atoms with E-state index >= 15 is 0 Å². The van der Waals surface area contributed by atoms with Gasteiger partial charge in [0.15, 0.2) is 17.3 Å². The Hall–Kier alpha value is -3.27. The molecule has 1 aliphatic heterocycles. The van der Waals surface area contributed by atoms with Crippen LogP contribution in [0.4, 0.5) is 0 Å². The minimum Gasteiger partial charge on any atom is -0.504 e. The van der Waals surface area contributed by atoms with Crippen LogP contribution in [0.2, 0.25) is 0 Å². The maximum Gasteiger partial charge on any atom is 0.288 e. The molecule has 0 unspecified atom stereocenters. The van der Waals surface area contributed by atoms with Crippen molar-refractivity contribution >= 4 is 22.1 Å². The first-order chi connectivity index (χ1) is 13.3.